The van der Waals surface area contributed by atoms with Gasteiger partial charge in [-0.3, -0.25) is 14.5 Å². The van der Waals surface area contributed by atoms with Gasteiger partial charge in [0.05, 0.1) is 11.4 Å². The van der Waals surface area contributed by atoms with Crippen LogP contribution in [0.3, 0.4) is 0 Å². The van der Waals surface area contributed by atoms with Crippen molar-refractivity contribution in [3.8, 4) is 0 Å². The third kappa shape index (κ3) is 8.60. The standard InChI is InChI=1S/C20H16N2O2.CH4O.Mn.N3/c23-19-11-5-1-7-15(19)13-21-17-9-3-4-10-18(17)22-14-16-8-2-6-12-20(16)24;1-2;;1-3-2/h1-14,21-22H;2H,1H3;;/q;;;-1. The van der Waals surface area contributed by atoms with Gasteiger partial charge in [-0.25, -0.2) is 0 Å². The Hall–Kier alpha value is -3.61. The molecule has 1 aromatic rings. The molecule has 0 bridgehead atoms. The first kappa shape index (κ1) is 26.4. The minimum Gasteiger partial charge on any atom is -0.400 e. The van der Waals surface area contributed by atoms with Crippen molar-refractivity contribution in [2.45, 2.75) is 0 Å². The van der Waals surface area contributed by atoms with E-state index in [0.29, 0.717) is 11.1 Å². The fourth-order valence-electron chi connectivity index (χ4n) is 2.25. The molecule has 0 amide bonds. The Morgan fingerprint density at radius 2 is 1.10 bits per heavy atom. The number of hydrogen-bond donors (Lipinski definition) is 3. The molecule has 0 saturated carbocycles. The summed E-state index contributed by atoms with van der Waals surface area (Å²) < 4.78 is 0. The Kier molecular flexibility index (Phi) is 13.5. The number of carbonyl (C=O) groups excluding carboxylic acids is 2. The summed E-state index contributed by atoms with van der Waals surface area (Å²) in [6.45, 7) is 0. The van der Waals surface area contributed by atoms with E-state index in [2.05, 4.69) is 10.6 Å². The van der Waals surface area contributed by atoms with E-state index in [1.54, 1.807) is 36.7 Å². The Labute approximate surface area is 185 Å². The van der Waals surface area contributed by atoms with Crippen LogP contribution in [0, 0.1) is 0 Å². The Bertz CT molecular complexity index is 882. The maximum Gasteiger partial charge on any atom is 0.187 e. The first-order chi connectivity index (χ1) is 14.2. The molecule has 2 aliphatic carbocycles. The zero-order valence-corrected chi connectivity index (χ0v) is 17.2. The van der Waals surface area contributed by atoms with Gasteiger partial charge in [-0.2, -0.15) is 0 Å². The molecule has 3 rings (SSSR count). The zero-order chi connectivity index (χ0) is 21.5. The van der Waals surface area contributed by atoms with Gasteiger partial charge in [-0.05, 0) is 36.4 Å². The van der Waals surface area contributed by atoms with Crippen molar-refractivity contribution in [1.29, 1.82) is 0 Å². The minimum absolute atomic E-state index is 0. The molecule has 30 heavy (non-hydrogen) atoms. The molecule has 9 heteroatoms. The number of aliphatic hydroxyl groups excluding tert-OH is 1. The number of nitrogens with one attached hydrogen (secondary N) is 2. The van der Waals surface area contributed by atoms with Gasteiger partial charge in [0.15, 0.2) is 11.6 Å². The average molecular weight is 445 g/mol. The van der Waals surface area contributed by atoms with Crippen molar-refractivity contribution in [2.24, 2.45) is 0 Å². The Morgan fingerprint density at radius 1 is 0.767 bits per heavy atom. The summed E-state index contributed by atoms with van der Waals surface area (Å²) in [5.41, 5.74) is 16.3. The van der Waals surface area contributed by atoms with E-state index in [1.165, 1.54) is 17.1 Å². The number of nitrogens with zero attached hydrogens (tertiary/aromatic N) is 3. The Balaban J connectivity index is 0.00000129. The van der Waals surface area contributed by atoms with Crippen LogP contribution >= 0.6 is 0 Å². The second-order valence-corrected chi connectivity index (χ2v) is 5.29. The van der Waals surface area contributed by atoms with Gasteiger partial charge in [0.1, 0.15) is 0 Å². The second-order valence-electron chi connectivity index (χ2n) is 5.29. The summed E-state index contributed by atoms with van der Waals surface area (Å²) in [7, 11) is 1.00. The molecule has 8 nitrogen and oxygen atoms in total. The molecule has 155 valence electrons. The molecule has 0 unspecified atom stereocenters. The molecule has 0 heterocycles. The van der Waals surface area contributed by atoms with Gasteiger partial charge in [0, 0.05) is 47.7 Å². The monoisotopic (exact) mass is 445 g/mol. The number of aliphatic hydroxyl groups is 1. The number of anilines is 2. The van der Waals surface area contributed by atoms with E-state index >= 15 is 0 Å². The van der Waals surface area contributed by atoms with E-state index in [9.17, 15) is 9.59 Å². The topological polar surface area (TPSA) is 137 Å². The first-order valence-electron chi connectivity index (χ1n) is 8.39. The second kappa shape index (κ2) is 15.3. The number of ketones is 2. The number of rotatable bonds is 4. The van der Waals surface area contributed by atoms with Crippen LogP contribution in [0.4, 0.5) is 11.4 Å². The van der Waals surface area contributed by atoms with Crippen LogP contribution in [-0.2, 0) is 26.7 Å². The number of hydrogen-bond acceptors (Lipinski definition) is 5. The molecule has 0 aliphatic heterocycles. The molecule has 3 N–H and O–H groups in total. The van der Waals surface area contributed by atoms with Crippen LogP contribution in [0.2, 0.25) is 0 Å². The van der Waals surface area contributed by atoms with Gasteiger partial charge < -0.3 is 26.8 Å². The van der Waals surface area contributed by atoms with E-state index in [1.807, 2.05) is 36.4 Å². The number of allylic oxidation sites excluding steroid dienone is 10. The van der Waals surface area contributed by atoms with Crippen LogP contribution in [0.1, 0.15) is 0 Å². The fraction of sp³-hybridized carbons (Fsp3) is 0.0476. The van der Waals surface area contributed by atoms with Crippen molar-refractivity contribution < 1.29 is 31.8 Å². The van der Waals surface area contributed by atoms with Crippen molar-refractivity contribution in [1.82, 2.24) is 0 Å². The van der Waals surface area contributed by atoms with E-state index in [4.69, 9.17) is 16.2 Å². The number of para-hydroxylation sites is 2. The smallest absolute Gasteiger partial charge is 0.187 e. The van der Waals surface area contributed by atoms with Crippen molar-refractivity contribution in [3.05, 3.63) is 112 Å². The van der Waals surface area contributed by atoms with Crippen LogP contribution < -0.4 is 10.6 Å². The maximum absolute atomic E-state index is 11.7. The van der Waals surface area contributed by atoms with Crippen molar-refractivity contribution in [2.75, 3.05) is 17.7 Å². The largest absolute Gasteiger partial charge is 0.400 e. The van der Waals surface area contributed by atoms with E-state index in [0.717, 1.165) is 18.5 Å². The molecule has 0 fully saturated rings. The molecule has 1 radical (unpaired) electrons. The summed E-state index contributed by atoms with van der Waals surface area (Å²) in [5, 5.41) is 13.3. The van der Waals surface area contributed by atoms with Crippen LogP contribution in [0.15, 0.2) is 96.4 Å². The SMILES string of the molecule is CO.O=C1C=CC=CC1=CNc1ccccc1NC=C1C=CC=CC1=O.[Mn].[N-]=[N+]=[N-]. The Morgan fingerprint density at radius 3 is 1.43 bits per heavy atom. The summed E-state index contributed by atoms with van der Waals surface area (Å²) in [5.74, 6) is -0.0791. The van der Waals surface area contributed by atoms with Crippen LogP contribution in [-0.4, -0.2) is 23.8 Å². The maximum atomic E-state index is 11.7. The average Bonchev–Trinajstić information content (AvgIpc) is 2.75. The molecule has 0 atom stereocenters. The third-order valence-corrected chi connectivity index (χ3v) is 3.53. The summed E-state index contributed by atoms with van der Waals surface area (Å²) >= 11 is 0. The van der Waals surface area contributed by atoms with Crippen molar-refractivity contribution >= 4 is 22.9 Å². The molecule has 1 aromatic carbocycles. The molecule has 0 saturated heterocycles. The zero-order valence-electron chi connectivity index (χ0n) is 16.1. The van der Waals surface area contributed by atoms with Gasteiger partial charge >= 0.3 is 0 Å². The molecule has 0 spiro atoms. The molecule has 0 aromatic heterocycles. The van der Waals surface area contributed by atoms with Gasteiger partial charge in [-0.15, -0.1) is 0 Å². The summed E-state index contributed by atoms with van der Waals surface area (Å²) in [4.78, 5) is 25.0. The number of carbonyl (C=O) groups is 2. The summed E-state index contributed by atoms with van der Waals surface area (Å²) in [6.07, 6.45) is 17.0. The van der Waals surface area contributed by atoms with E-state index in [-0.39, 0.29) is 28.6 Å². The third-order valence-electron chi connectivity index (χ3n) is 3.53. The van der Waals surface area contributed by atoms with Crippen LogP contribution in [0.5, 0.6) is 0 Å². The number of benzene rings is 1. The fourth-order valence-corrected chi connectivity index (χ4v) is 2.25. The van der Waals surface area contributed by atoms with Gasteiger partial charge in [-0.1, -0.05) is 36.4 Å². The minimum atomic E-state index is -0.0396. The predicted molar refractivity (Wildman–Crippen MR) is 115 cm³/mol. The van der Waals surface area contributed by atoms with Gasteiger partial charge in [0.2, 0.25) is 0 Å². The quantitative estimate of drug-likeness (QED) is 0.210. The molecular weight excluding hydrogens is 425 g/mol. The molecular formula is C21H20MnN5O3-. The summed E-state index contributed by atoms with van der Waals surface area (Å²) in [6, 6.07) is 7.57. The normalized spacial score (nSPS) is 15.9. The first-order valence-corrected chi connectivity index (χ1v) is 8.39. The van der Waals surface area contributed by atoms with E-state index < -0.39 is 0 Å². The van der Waals surface area contributed by atoms with Gasteiger partial charge in [0.25, 0.3) is 0 Å². The molecule has 2 aliphatic rings. The van der Waals surface area contributed by atoms with Crippen molar-refractivity contribution in [3.63, 3.8) is 0 Å². The van der Waals surface area contributed by atoms with Crippen LogP contribution in [0.25, 0.3) is 16.0 Å². The predicted octanol–water partition coefficient (Wildman–Crippen LogP) is 4.14.